The van der Waals surface area contributed by atoms with Crippen molar-refractivity contribution >= 4 is 5.96 Å². The molecule has 4 rings (SSSR count). The number of aliphatic imine (C=N–C) groups is 1. The highest BCUT2D eigenvalue weighted by molar-refractivity contribution is 5.80. The number of halogens is 1. The SMILES string of the molecule is CCNC(=NCC1(c2cccc(F)c2)CC1)N1CCC2(CCOC2)C1. The van der Waals surface area contributed by atoms with Gasteiger partial charge in [-0.05, 0) is 50.3 Å². The lowest BCUT2D eigenvalue weighted by molar-refractivity contribution is 0.156. The fraction of sp³-hybridized carbons (Fsp3) is 0.650. The second kappa shape index (κ2) is 6.60. The van der Waals surface area contributed by atoms with Gasteiger partial charge in [0, 0.05) is 37.1 Å². The number of likely N-dealkylation sites (tertiary alicyclic amines) is 1. The lowest BCUT2D eigenvalue weighted by Gasteiger charge is -2.25. The van der Waals surface area contributed by atoms with Crippen molar-refractivity contribution in [1.82, 2.24) is 10.2 Å². The van der Waals surface area contributed by atoms with E-state index >= 15 is 0 Å². The summed E-state index contributed by atoms with van der Waals surface area (Å²) in [5.74, 6) is 0.858. The average molecular weight is 345 g/mol. The first-order chi connectivity index (χ1) is 12.1. The minimum Gasteiger partial charge on any atom is -0.381 e. The number of nitrogens with zero attached hydrogens (tertiary/aromatic N) is 2. The number of benzene rings is 1. The molecular formula is C20H28FN3O. The van der Waals surface area contributed by atoms with Crippen molar-refractivity contribution in [3.8, 4) is 0 Å². The van der Waals surface area contributed by atoms with Gasteiger partial charge in [-0.3, -0.25) is 4.99 Å². The van der Waals surface area contributed by atoms with E-state index in [1.165, 1.54) is 12.5 Å². The normalized spacial score (nSPS) is 27.9. The number of hydrogen-bond acceptors (Lipinski definition) is 2. The van der Waals surface area contributed by atoms with E-state index < -0.39 is 0 Å². The van der Waals surface area contributed by atoms with E-state index in [1.807, 2.05) is 12.1 Å². The summed E-state index contributed by atoms with van der Waals surface area (Å²) in [5.41, 5.74) is 1.46. The maximum atomic E-state index is 13.6. The fourth-order valence-electron chi connectivity index (χ4n) is 4.25. The first-order valence-corrected chi connectivity index (χ1v) is 9.52. The summed E-state index contributed by atoms with van der Waals surface area (Å²) >= 11 is 0. The smallest absolute Gasteiger partial charge is 0.193 e. The standard InChI is InChI=1S/C20H28FN3O/c1-2-22-18(24-10-8-19(14-24)9-11-25-15-19)23-13-20(6-7-20)16-4-3-5-17(21)12-16/h3-5,12H,2,6-11,13-15H2,1H3,(H,22,23). The summed E-state index contributed by atoms with van der Waals surface area (Å²) in [5, 5.41) is 3.46. The van der Waals surface area contributed by atoms with Crippen LogP contribution in [0.2, 0.25) is 0 Å². The molecule has 5 heteroatoms. The van der Waals surface area contributed by atoms with Crippen LogP contribution in [0.3, 0.4) is 0 Å². The zero-order chi connectivity index (χ0) is 17.3. The van der Waals surface area contributed by atoms with Crippen LogP contribution >= 0.6 is 0 Å². The van der Waals surface area contributed by atoms with E-state index in [1.54, 1.807) is 6.07 Å². The van der Waals surface area contributed by atoms with Gasteiger partial charge in [-0.2, -0.15) is 0 Å². The molecule has 3 fully saturated rings. The number of ether oxygens (including phenoxy) is 1. The molecule has 2 saturated heterocycles. The Balaban J connectivity index is 1.48. The zero-order valence-electron chi connectivity index (χ0n) is 15.1. The lowest BCUT2D eigenvalue weighted by Crippen LogP contribution is -2.42. The third-order valence-electron chi connectivity index (χ3n) is 6.08. The molecule has 1 aliphatic carbocycles. The van der Waals surface area contributed by atoms with Gasteiger partial charge in [0.1, 0.15) is 5.82 Å². The highest BCUT2D eigenvalue weighted by Gasteiger charge is 2.45. The second-order valence-electron chi connectivity index (χ2n) is 7.93. The number of rotatable bonds is 4. The number of nitrogens with one attached hydrogen (secondary N) is 1. The van der Waals surface area contributed by atoms with Crippen LogP contribution in [-0.2, 0) is 10.2 Å². The molecule has 1 aromatic carbocycles. The van der Waals surface area contributed by atoms with Gasteiger partial charge in [0.05, 0.1) is 13.2 Å². The Kier molecular flexibility index (Phi) is 4.44. The maximum absolute atomic E-state index is 13.6. The molecule has 25 heavy (non-hydrogen) atoms. The predicted octanol–water partition coefficient (Wildman–Crippen LogP) is 2.94. The molecule has 0 aromatic heterocycles. The van der Waals surface area contributed by atoms with Gasteiger partial charge in [0.15, 0.2) is 5.96 Å². The molecular weight excluding hydrogens is 317 g/mol. The van der Waals surface area contributed by atoms with Crippen molar-refractivity contribution in [2.75, 3.05) is 39.4 Å². The molecule has 4 nitrogen and oxygen atoms in total. The highest BCUT2D eigenvalue weighted by Crippen LogP contribution is 2.48. The Bertz CT molecular complexity index is 650. The molecule has 1 atom stereocenters. The van der Waals surface area contributed by atoms with Gasteiger partial charge in [-0.15, -0.1) is 0 Å². The summed E-state index contributed by atoms with van der Waals surface area (Å²) < 4.78 is 19.2. The van der Waals surface area contributed by atoms with Gasteiger partial charge in [0.25, 0.3) is 0 Å². The topological polar surface area (TPSA) is 36.9 Å². The van der Waals surface area contributed by atoms with E-state index in [9.17, 15) is 4.39 Å². The van der Waals surface area contributed by atoms with E-state index in [2.05, 4.69) is 17.1 Å². The highest BCUT2D eigenvalue weighted by atomic mass is 19.1. The van der Waals surface area contributed by atoms with Gasteiger partial charge < -0.3 is 15.0 Å². The van der Waals surface area contributed by atoms with Gasteiger partial charge >= 0.3 is 0 Å². The van der Waals surface area contributed by atoms with Crippen molar-refractivity contribution in [2.24, 2.45) is 10.4 Å². The molecule has 1 unspecified atom stereocenters. The van der Waals surface area contributed by atoms with Crippen LogP contribution < -0.4 is 5.32 Å². The van der Waals surface area contributed by atoms with Gasteiger partial charge in [-0.1, -0.05) is 12.1 Å². The van der Waals surface area contributed by atoms with E-state index in [-0.39, 0.29) is 11.2 Å². The summed E-state index contributed by atoms with van der Waals surface area (Å²) in [6.45, 7) is 7.57. The van der Waals surface area contributed by atoms with E-state index in [0.29, 0.717) is 5.41 Å². The minimum atomic E-state index is -0.151. The van der Waals surface area contributed by atoms with Crippen LogP contribution in [0.15, 0.2) is 29.3 Å². The van der Waals surface area contributed by atoms with Crippen LogP contribution in [0.1, 0.15) is 38.2 Å². The Morgan fingerprint density at radius 3 is 2.88 bits per heavy atom. The first-order valence-electron chi connectivity index (χ1n) is 9.52. The Morgan fingerprint density at radius 2 is 2.20 bits per heavy atom. The van der Waals surface area contributed by atoms with Crippen LogP contribution in [0.25, 0.3) is 0 Å². The predicted molar refractivity (Wildman–Crippen MR) is 97.3 cm³/mol. The quantitative estimate of drug-likeness (QED) is 0.673. The van der Waals surface area contributed by atoms with Crippen LogP contribution in [0, 0.1) is 11.2 Å². The molecule has 0 bridgehead atoms. The molecule has 1 spiro atoms. The maximum Gasteiger partial charge on any atom is 0.193 e. The zero-order valence-corrected chi connectivity index (χ0v) is 15.1. The van der Waals surface area contributed by atoms with Crippen LogP contribution in [0.5, 0.6) is 0 Å². The van der Waals surface area contributed by atoms with Crippen molar-refractivity contribution in [1.29, 1.82) is 0 Å². The molecule has 1 N–H and O–H groups in total. The molecule has 1 saturated carbocycles. The average Bonchev–Trinajstić information content (AvgIpc) is 3.08. The number of hydrogen-bond donors (Lipinski definition) is 1. The molecule has 2 heterocycles. The molecule has 136 valence electrons. The Morgan fingerprint density at radius 1 is 1.32 bits per heavy atom. The molecule has 0 radical (unpaired) electrons. The van der Waals surface area contributed by atoms with Gasteiger partial charge in [-0.25, -0.2) is 4.39 Å². The molecule has 3 aliphatic rings. The summed E-state index contributed by atoms with van der Waals surface area (Å²) in [6, 6.07) is 7.04. The summed E-state index contributed by atoms with van der Waals surface area (Å²) in [4.78, 5) is 7.35. The van der Waals surface area contributed by atoms with E-state index in [4.69, 9.17) is 9.73 Å². The van der Waals surface area contributed by atoms with Crippen LogP contribution in [0.4, 0.5) is 4.39 Å². The second-order valence-corrected chi connectivity index (χ2v) is 7.93. The molecule has 0 amide bonds. The number of guanidine groups is 1. The van der Waals surface area contributed by atoms with Gasteiger partial charge in [0.2, 0.25) is 0 Å². The van der Waals surface area contributed by atoms with Crippen molar-refractivity contribution in [3.05, 3.63) is 35.6 Å². The fourth-order valence-corrected chi connectivity index (χ4v) is 4.25. The van der Waals surface area contributed by atoms with Crippen molar-refractivity contribution in [3.63, 3.8) is 0 Å². The third kappa shape index (κ3) is 3.39. The summed E-state index contributed by atoms with van der Waals surface area (Å²) in [7, 11) is 0. The largest absolute Gasteiger partial charge is 0.381 e. The lowest BCUT2D eigenvalue weighted by atomic mass is 9.87. The molecule has 2 aliphatic heterocycles. The monoisotopic (exact) mass is 345 g/mol. The van der Waals surface area contributed by atoms with Crippen molar-refractivity contribution < 1.29 is 9.13 Å². The van der Waals surface area contributed by atoms with Crippen molar-refractivity contribution in [2.45, 2.75) is 38.0 Å². The first kappa shape index (κ1) is 16.8. The Hall–Kier alpha value is -1.62. The van der Waals surface area contributed by atoms with E-state index in [0.717, 1.165) is 70.2 Å². The van der Waals surface area contributed by atoms with Crippen LogP contribution in [-0.4, -0.2) is 50.3 Å². The third-order valence-corrected chi connectivity index (χ3v) is 6.08. The Labute approximate surface area is 149 Å². The summed E-state index contributed by atoms with van der Waals surface area (Å²) in [6.07, 6.45) is 4.54. The minimum absolute atomic E-state index is 0.0383. The molecule has 1 aromatic rings.